The monoisotopic (exact) mass is 374 g/mol. The molecular formula is C19H23BrN2O. The normalized spacial score (nSPS) is 34.2. The summed E-state index contributed by atoms with van der Waals surface area (Å²) < 4.78 is 0.814. The standard InChI is InChI=1S/C19H23BrN2O/c20-16-9-5-4-8-15(16)19(23)22-21-17-11-10-14-12-6-2-1-3-7-13(12)18(14)17/h4-5,8-9,12-14,18H,1-3,6-7,10-11H2,(H,22,23)/b21-17-. The molecule has 3 saturated carbocycles. The highest BCUT2D eigenvalue weighted by atomic mass is 79.9. The maximum Gasteiger partial charge on any atom is 0.272 e. The Bertz CT molecular complexity index is 642. The third-order valence-corrected chi connectivity index (χ3v) is 6.83. The number of carbonyl (C=O) groups is 1. The molecule has 1 aromatic carbocycles. The summed E-state index contributed by atoms with van der Waals surface area (Å²) in [7, 11) is 0. The Balaban J connectivity index is 1.45. The molecule has 0 radical (unpaired) electrons. The number of rotatable bonds is 2. The van der Waals surface area contributed by atoms with Gasteiger partial charge in [-0.25, -0.2) is 5.43 Å². The van der Waals surface area contributed by atoms with Crippen molar-refractivity contribution in [1.82, 2.24) is 5.43 Å². The summed E-state index contributed by atoms with van der Waals surface area (Å²) in [6, 6.07) is 7.49. The zero-order valence-corrected chi connectivity index (χ0v) is 14.9. The average Bonchev–Trinajstić information content (AvgIpc) is 2.78. The molecule has 1 aromatic rings. The highest BCUT2D eigenvalue weighted by Gasteiger charge is 2.54. The van der Waals surface area contributed by atoms with Crippen molar-refractivity contribution in [2.75, 3.05) is 0 Å². The van der Waals surface area contributed by atoms with Crippen LogP contribution in [0.3, 0.4) is 0 Å². The summed E-state index contributed by atoms with van der Waals surface area (Å²) in [6.45, 7) is 0. The topological polar surface area (TPSA) is 41.5 Å². The van der Waals surface area contributed by atoms with Crippen LogP contribution in [0.5, 0.6) is 0 Å². The number of benzene rings is 1. The lowest BCUT2D eigenvalue weighted by molar-refractivity contribution is 0.0280. The van der Waals surface area contributed by atoms with Gasteiger partial charge in [0.2, 0.25) is 0 Å². The number of nitrogens with zero attached hydrogens (tertiary/aromatic N) is 1. The molecule has 1 N–H and O–H groups in total. The van der Waals surface area contributed by atoms with Crippen molar-refractivity contribution in [1.29, 1.82) is 0 Å². The van der Waals surface area contributed by atoms with E-state index in [-0.39, 0.29) is 5.91 Å². The average molecular weight is 375 g/mol. The first kappa shape index (κ1) is 15.4. The van der Waals surface area contributed by atoms with Gasteiger partial charge in [-0.1, -0.05) is 31.4 Å². The van der Waals surface area contributed by atoms with Crippen molar-refractivity contribution < 1.29 is 4.79 Å². The van der Waals surface area contributed by atoms with E-state index >= 15 is 0 Å². The predicted molar refractivity (Wildman–Crippen MR) is 95.3 cm³/mol. The van der Waals surface area contributed by atoms with Crippen LogP contribution in [0.2, 0.25) is 0 Å². The van der Waals surface area contributed by atoms with E-state index < -0.39 is 0 Å². The molecular weight excluding hydrogens is 352 g/mol. The van der Waals surface area contributed by atoms with E-state index in [4.69, 9.17) is 0 Å². The summed E-state index contributed by atoms with van der Waals surface area (Å²) >= 11 is 3.43. The molecule has 0 saturated heterocycles. The number of hydrazone groups is 1. The molecule has 3 aliphatic rings. The van der Waals surface area contributed by atoms with Crippen molar-refractivity contribution >= 4 is 27.5 Å². The minimum atomic E-state index is -0.120. The highest BCUT2D eigenvalue weighted by molar-refractivity contribution is 9.10. The van der Waals surface area contributed by atoms with Crippen molar-refractivity contribution in [2.45, 2.75) is 44.9 Å². The zero-order valence-electron chi connectivity index (χ0n) is 13.3. The molecule has 3 aliphatic carbocycles. The molecule has 0 bridgehead atoms. The Kier molecular flexibility index (Phi) is 4.27. The fraction of sp³-hybridized carbons (Fsp3) is 0.579. The Labute approximate surface area is 146 Å². The number of amides is 1. The number of nitrogens with one attached hydrogen (secondary N) is 1. The molecule has 3 nitrogen and oxygen atoms in total. The van der Waals surface area contributed by atoms with Crippen molar-refractivity contribution in [2.24, 2.45) is 28.8 Å². The van der Waals surface area contributed by atoms with Crippen molar-refractivity contribution in [3.63, 3.8) is 0 Å². The lowest BCUT2D eigenvalue weighted by Crippen LogP contribution is -2.46. The van der Waals surface area contributed by atoms with Crippen LogP contribution in [0.1, 0.15) is 55.3 Å². The van der Waals surface area contributed by atoms with Crippen LogP contribution in [0.4, 0.5) is 0 Å². The van der Waals surface area contributed by atoms with E-state index in [0.29, 0.717) is 11.5 Å². The number of carbonyl (C=O) groups excluding carboxylic acids is 1. The Hall–Kier alpha value is -1.16. The van der Waals surface area contributed by atoms with E-state index in [2.05, 4.69) is 26.5 Å². The van der Waals surface area contributed by atoms with Gasteiger partial charge in [0.15, 0.2) is 0 Å². The van der Waals surface area contributed by atoms with Gasteiger partial charge in [-0.05, 0) is 71.5 Å². The molecule has 1 amide bonds. The summed E-state index contributed by atoms with van der Waals surface area (Å²) in [6.07, 6.45) is 9.31. The van der Waals surface area contributed by atoms with Gasteiger partial charge in [0.05, 0.1) is 5.56 Å². The van der Waals surface area contributed by atoms with Gasteiger partial charge >= 0.3 is 0 Å². The molecule has 4 unspecified atom stereocenters. The number of hydrogen-bond acceptors (Lipinski definition) is 2. The molecule has 0 heterocycles. The summed E-state index contributed by atoms with van der Waals surface area (Å²) in [5.41, 5.74) is 4.69. The van der Waals surface area contributed by atoms with Crippen LogP contribution >= 0.6 is 15.9 Å². The molecule has 0 aromatic heterocycles. The Morgan fingerprint density at radius 1 is 1.04 bits per heavy atom. The molecule has 0 aliphatic heterocycles. The molecule has 4 heteroatoms. The molecule has 3 fully saturated rings. The van der Waals surface area contributed by atoms with Gasteiger partial charge in [0, 0.05) is 16.1 Å². The molecule has 4 atom stereocenters. The third-order valence-electron chi connectivity index (χ3n) is 6.14. The molecule has 4 rings (SSSR count). The fourth-order valence-corrected chi connectivity index (χ4v) is 5.57. The summed E-state index contributed by atoms with van der Waals surface area (Å²) in [5, 5.41) is 4.54. The van der Waals surface area contributed by atoms with Gasteiger partial charge in [-0.2, -0.15) is 5.10 Å². The number of halogens is 1. The van der Waals surface area contributed by atoms with Crippen molar-refractivity contribution in [3.05, 3.63) is 34.3 Å². The predicted octanol–water partition coefficient (Wildman–Crippen LogP) is 4.77. The third kappa shape index (κ3) is 2.75. The van der Waals surface area contributed by atoms with Crippen molar-refractivity contribution in [3.8, 4) is 0 Å². The summed E-state index contributed by atoms with van der Waals surface area (Å²) in [5.74, 6) is 3.15. The van der Waals surface area contributed by atoms with Crippen LogP contribution in [0, 0.1) is 23.7 Å². The Morgan fingerprint density at radius 3 is 2.61 bits per heavy atom. The van der Waals surface area contributed by atoms with E-state index in [1.807, 2.05) is 24.3 Å². The lowest BCUT2D eigenvalue weighted by atomic mass is 9.56. The van der Waals surface area contributed by atoms with Crippen LogP contribution in [-0.4, -0.2) is 11.6 Å². The second kappa shape index (κ2) is 6.39. The maximum absolute atomic E-state index is 12.3. The molecule has 122 valence electrons. The second-order valence-corrected chi connectivity index (χ2v) is 8.07. The van der Waals surface area contributed by atoms with Crippen LogP contribution in [0.25, 0.3) is 0 Å². The van der Waals surface area contributed by atoms with Gasteiger partial charge in [0.1, 0.15) is 0 Å². The minimum absolute atomic E-state index is 0.120. The van der Waals surface area contributed by atoms with E-state index in [1.54, 1.807) is 0 Å². The minimum Gasteiger partial charge on any atom is -0.267 e. The smallest absolute Gasteiger partial charge is 0.267 e. The van der Waals surface area contributed by atoms with E-state index in [9.17, 15) is 4.79 Å². The largest absolute Gasteiger partial charge is 0.272 e. The maximum atomic E-state index is 12.3. The highest BCUT2D eigenvalue weighted by Crippen LogP contribution is 2.58. The number of hydrogen-bond donors (Lipinski definition) is 1. The second-order valence-electron chi connectivity index (χ2n) is 7.22. The SMILES string of the molecule is O=C(N/N=C1/CCC2C3CCCCCC3C12)c1ccccc1Br. The van der Waals surface area contributed by atoms with Gasteiger partial charge < -0.3 is 0 Å². The van der Waals surface area contributed by atoms with Crippen LogP contribution in [0.15, 0.2) is 33.8 Å². The first-order valence-electron chi connectivity index (χ1n) is 8.87. The first-order valence-corrected chi connectivity index (χ1v) is 9.66. The fourth-order valence-electron chi connectivity index (χ4n) is 5.11. The van der Waals surface area contributed by atoms with Crippen LogP contribution < -0.4 is 5.43 Å². The van der Waals surface area contributed by atoms with Gasteiger partial charge in [-0.15, -0.1) is 0 Å². The van der Waals surface area contributed by atoms with Gasteiger partial charge in [-0.3, -0.25) is 4.79 Å². The number of fused-ring (bicyclic) bond motifs is 4. The van der Waals surface area contributed by atoms with E-state index in [0.717, 1.165) is 28.6 Å². The quantitative estimate of drug-likeness (QED) is 0.744. The first-order chi connectivity index (χ1) is 11.3. The lowest BCUT2D eigenvalue weighted by Gasteiger charge is -2.48. The Morgan fingerprint density at radius 2 is 1.78 bits per heavy atom. The van der Waals surface area contributed by atoms with Crippen LogP contribution in [-0.2, 0) is 0 Å². The summed E-state index contributed by atoms with van der Waals surface area (Å²) in [4.78, 5) is 12.3. The zero-order chi connectivity index (χ0) is 15.8. The van der Waals surface area contributed by atoms with E-state index in [1.165, 1.54) is 44.2 Å². The van der Waals surface area contributed by atoms with Gasteiger partial charge in [0.25, 0.3) is 5.91 Å². The molecule has 23 heavy (non-hydrogen) atoms. The molecule has 0 spiro atoms.